The number of carbonyl (C=O) groups is 2. The largest absolute Gasteiger partial charge is 0.506 e. The Morgan fingerprint density at radius 3 is 2.56 bits per heavy atom. The Morgan fingerprint density at radius 1 is 1.39 bits per heavy atom. The van der Waals surface area contributed by atoms with Crippen LogP contribution in [0.3, 0.4) is 0 Å². The molecule has 0 aliphatic carbocycles. The summed E-state index contributed by atoms with van der Waals surface area (Å²) in [6, 6.07) is 2.60. The highest BCUT2D eigenvalue weighted by atomic mass is 35.5. The lowest BCUT2D eigenvalue weighted by atomic mass is 10.1. The third-order valence-electron chi connectivity index (χ3n) is 2.23. The van der Waals surface area contributed by atoms with Crippen LogP contribution in [0.15, 0.2) is 18.2 Å². The lowest BCUT2D eigenvalue weighted by Crippen LogP contribution is -2.41. The molecule has 6 nitrogen and oxygen atoms in total. The number of hydrogen-bond acceptors (Lipinski definition) is 4. The van der Waals surface area contributed by atoms with Crippen molar-refractivity contribution in [1.82, 2.24) is 5.32 Å². The number of halogens is 1. The molecule has 0 saturated carbocycles. The summed E-state index contributed by atoms with van der Waals surface area (Å²) < 4.78 is 0. The van der Waals surface area contributed by atoms with E-state index >= 15 is 0 Å². The van der Waals surface area contributed by atoms with Crippen molar-refractivity contribution in [1.29, 1.82) is 0 Å². The molecule has 1 amide bonds. The Labute approximate surface area is 108 Å². The molecule has 0 aliphatic heterocycles. The van der Waals surface area contributed by atoms with Crippen molar-refractivity contribution in [3.05, 3.63) is 28.8 Å². The van der Waals surface area contributed by atoms with Gasteiger partial charge in [-0.25, -0.2) is 4.79 Å². The zero-order chi connectivity index (χ0) is 13.7. The van der Waals surface area contributed by atoms with E-state index in [-0.39, 0.29) is 29.4 Å². The molecule has 1 aromatic rings. The summed E-state index contributed by atoms with van der Waals surface area (Å²) in [5, 5.41) is 28.9. The van der Waals surface area contributed by atoms with E-state index in [0.29, 0.717) is 0 Å². The number of aliphatic carboxylic acids is 1. The average Bonchev–Trinajstić information content (AvgIpc) is 2.31. The summed E-state index contributed by atoms with van der Waals surface area (Å²) >= 11 is 5.63. The van der Waals surface area contributed by atoms with Gasteiger partial charge in [0.25, 0.3) is 5.91 Å². The highest BCUT2D eigenvalue weighted by molar-refractivity contribution is 6.32. The number of nitrogens with one attached hydrogen (secondary N) is 1. The fraction of sp³-hybridized carbons (Fsp3) is 0.273. The molecule has 7 heteroatoms. The van der Waals surface area contributed by atoms with E-state index < -0.39 is 17.9 Å². The van der Waals surface area contributed by atoms with Crippen LogP contribution in [0.1, 0.15) is 16.8 Å². The first kappa shape index (κ1) is 14.3. The molecule has 1 atom stereocenters. The minimum absolute atomic E-state index is 0.00307. The maximum absolute atomic E-state index is 11.7. The number of carboxylic acid groups (broad SMARTS) is 1. The standard InChI is InChI=1S/C11H12ClNO5/c12-7-5-6(1-2-9(7)15)10(16)13-8(3-4-14)11(17)18/h1-2,5,8,14-15H,3-4H2,(H,13,16)(H,17,18). The second-order valence-corrected chi connectivity index (χ2v) is 3.95. The normalized spacial score (nSPS) is 11.9. The number of rotatable bonds is 5. The van der Waals surface area contributed by atoms with Crippen LogP contribution in [0.2, 0.25) is 5.02 Å². The number of aromatic hydroxyl groups is 1. The van der Waals surface area contributed by atoms with Gasteiger partial charge in [-0.05, 0) is 18.2 Å². The van der Waals surface area contributed by atoms with Gasteiger partial charge in [0, 0.05) is 18.6 Å². The van der Waals surface area contributed by atoms with Crippen LogP contribution in [0.25, 0.3) is 0 Å². The molecule has 0 aromatic heterocycles. The average molecular weight is 274 g/mol. The van der Waals surface area contributed by atoms with Gasteiger partial charge < -0.3 is 20.6 Å². The first-order chi connectivity index (χ1) is 8.45. The molecular formula is C11H12ClNO5. The lowest BCUT2D eigenvalue weighted by Gasteiger charge is -2.13. The van der Waals surface area contributed by atoms with Crippen molar-refractivity contribution in [3.8, 4) is 5.75 Å². The summed E-state index contributed by atoms with van der Waals surface area (Å²) in [4.78, 5) is 22.5. The van der Waals surface area contributed by atoms with Gasteiger partial charge >= 0.3 is 5.97 Å². The van der Waals surface area contributed by atoms with Gasteiger partial charge in [-0.15, -0.1) is 0 Å². The molecule has 0 heterocycles. The number of phenols is 1. The zero-order valence-electron chi connectivity index (χ0n) is 9.26. The predicted octanol–water partition coefficient (Wildman–Crippen LogP) is 0.611. The molecular weight excluding hydrogens is 262 g/mol. The van der Waals surface area contributed by atoms with Gasteiger partial charge in [0.2, 0.25) is 0 Å². The molecule has 1 aromatic carbocycles. The summed E-state index contributed by atoms with van der Waals surface area (Å²) in [6.07, 6.45) is -0.0904. The van der Waals surface area contributed by atoms with E-state index in [2.05, 4.69) is 5.32 Å². The van der Waals surface area contributed by atoms with Crippen LogP contribution in [-0.4, -0.2) is 39.8 Å². The van der Waals surface area contributed by atoms with Crippen molar-refractivity contribution in [2.45, 2.75) is 12.5 Å². The fourth-order valence-corrected chi connectivity index (χ4v) is 1.46. The molecule has 98 valence electrons. The van der Waals surface area contributed by atoms with E-state index in [9.17, 15) is 14.7 Å². The Bertz CT molecular complexity index is 463. The molecule has 18 heavy (non-hydrogen) atoms. The molecule has 0 bridgehead atoms. The number of aliphatic hydroxyl groups is 1. The Hall–Kier alpha value is -1.79. The second-order valence-electron chi connectivity index (χ2n) is 3.54. The quantitative estimate of drug-likeness (QED) is 0.629. The maximum atomic E-state index is 11.7. The molecule has 1 unspecified atom stereocenters. The zero-order valence-corrected chi connectivity index (χ0v) is 10.0. The summed E-state index contributed by atoms with van der Waals surface area (Å²) in [5.74, 6) is -2.04. The maximum Gasteiger partial charge on any atom is 0.326 e. The van der Waals surface area contributed by atoms with Crippen LogP contribution in [0.4, 0.5) is 0 Å². The van der Waals surface area contributed by atoms with Crippen LogP contribution in [0, 0.1) is 0 Å². The second kappa shape index (κ2) is 6.23. The van der Waals surface area contributed by atoms with Crippen LogP contribution < -0.4 is 5.32 Å². The fourth-order valence-electron chi connectivity index (χ4n) is 1.28. The molecule has 1 rings (SSSR count). The van der Waals surface area contributed by atoms with Gasteiger partial charge in [0.05, 0.1) is 5.02 Å². The summed E-state index contributed by atoms with van der Waals surface area (Å²) in [5.41, 5.74) is 0.127. The lowest BCUT2D eigenvalue weighted by molar-refractivity contribution is -0.139. The third-order valence-corrected chi connectivity index (χ3v) is 2.53. The number of carbonyl (C=O) groups excluding carboxylic acids is 1. The van der Waals surface area contributed by atoms with Crippen LogP contribution in [0.5, 0.6) is 5.75 Å². The number of phenolic OH excluding ortho intramolecular Hbond substituents is 1. The molecule has 4 N–H and O–H groups in total. The number of hydrogen-bond donors (Lipinski definition) is 4. The van der Waals surface area contributed by atoms with Gasteiger partial charge in [0.1, 0.15) is 11.8 Å². The highest BCUT2D eigenvalue weighted by Crippen LogP contribution is 2.23. The summed E-state index contributed by atoms with van der Waals surface area (Å²) in [6.45, 7) is -0.354. The van der Waals surface area contributed by atoms with Crippen molar-refractivity contribution in [3.63, 3.8) is 0 Å². The van der Waals surface area contributed by atoms with Crippen molar-refractivity contribution in [2.24, 2.45) is 0 Å². The van der Waals surface area contributed by atoms with Gasteiger partial charge in [-0.2, -0.15) is 0 Å². The molecule has 0 radical (unpaired) electrons. The van der Waals surface area contributed by atoms with Crippen LogP contribution in [-0.2, 0) is 4.79 Å². The first-order valence-electron chi connectivity index (χ1n) is 5.08. The minimum Gasteiger partial charge on any atom is -0.506 e. The Kier molecular flexibility index (Phi) is 4.94. The SMILES string of the molecule is O=C(NC(CCO)C(=O)O)c1ccc(O)c(Cl)c1. The van der Waals surface area contributed by atoms with Crippen molar-refractivity contribution >= 4 is 23.5 Å². The monoisotopic (exact) mass is 273 g/mol. The van der Waals surface area contributed by atoms with Gasteiger partial charge in [-0.3, -0.25) is 4.79 Å². The van der Waals surface area contributed by atoms with Gasteiger partial charge in [-0.1, -0.05) is 11.6 Å². The van der Waals surface area contributed by atoms with Crippen LogP contribution >= 0.6 is 11.6 Å². The smallest absolute Gasteiger partial charge is 0.326 e. The predicted molar refractivity (Wildman–Crippen MR) is 63.7 cm³/mol. The van der Waals surface area contributed by atoms with E-state index in [0.717, 1.165) is 0 Å². The molecule has 0 fully saturated rings. The molecule has 0 saturated heterocycles. The van der Waals surface area contributed by atoms with E-state index in [1.165, 1.54) is 18.2 Å². The van der Waals surface area contributed by atoms with E-state index in [1.54, 1.807) is 0 Å². The number of amides is 1. The topological polar surface area (TPSA) is 107 Å². The highest BCUT2D eigenvalue weighted by Gasteiger charge is 2.20. The first-order valence-corrected chi connectivity index (χ1v) is 5.46. The number of aliphatic hydroxyl groups excluding tert-OH is 1. The number of benzene rings is 1. The summed E-state index contributed by atoms with van der Waals surface area (Å²) in [7, 11) is 0. The van der Waals surface area contributed by atoms with Crippen molar-refractivity contribution < 1.29 is 24.9 Å². The number of carboxylic acids is 1. The van der Waals surface area contributed by atoms with Gasteiger partial charge in [0.15, 0.2) is 0 Å². The Morgan fingerprint density at radius 2 is 2.06 bits per heavy atom. The molecule has 0 aliphatic rings. The van der Waals surface area contributed by atoms with Crippen molar-refractivity contribution in [2.75, 3.05) is 6.61 Å². The minimum atomic E-state index is -1.23. The Balaban J connectivity index is 2.80. The van der Waals surface area contributed by atoms with E-state index in [4.69, 9.17) is 21.8 Å². The molecule has 0 spiro atoms. The van der Waals surface area contributed by atoms with E-state index in [1.807, 2.05) is 0 Å². The third kappa shape index (κ3) is 3.61.